The number of nitriles is 1. The van der Waals surface area contributed by atoms with E-state index in [1.54, 1.807) is 42.9 Å². The van der Waals surface area contributed by atoms with Gasteiger partial charge in [0.25, 0.3) is 0 Å². The second kappa shape index (κ2) is 55.4. The molecule has 12 rings (SSSR count). The molecule has 114 heavy (non-hydrogen) atoms. The fourth-order valence-corrected chi connectivity index (χ4v) is 13.0. The molecular formula is C99H125ClF6N6S2. The Bertz CT molecular complexity index is 4420. The highest BCUT2D eigenvalue weighted by atomic mass is 35.5. The molecule has 0 atom stereocenters. The van der Waals surface area contributed by atoms with Crippen molar-refractivity contribution in [2.75, 3.05) is 0 Å². The second-order valence-corrected chi connectivity index (χ2v) is 32.8. The predicted octanol–water partition coefficient (Wildman–Crippen LogP) is 31.6. The molecule has 0 aliphatic rings. The lowest BCUT2D eigenvalue weighted by molar-refractivity contribution is 0.494. The van der Waals surface area contributed by atoms with Gasteiger partial charge in [-0.2, -0.15) is 5.26 Å². The van der Waals surface area contributed by atoms with Crippen LogP contribution in [0.5, 0.6) is 0 Å². The van der Waals surface area contributed by atoms with Gasteiger partial charge in [-0.25, -0.2) is 31.3 Å². The zero-order valence-electron chi connectivity index (χ0n) is 71.8. The van der Waals surface area contributed by atoms with Gasteiger partial charge in [0.05, 0.1) is 17.3 Å². The number of hydrogen-bond donors (Lipinski definition) is 0. The lowest BCUT2D eigenvalue weighted by atomic mass is 9.96. The van der Waals surface area contributed by atoms with E-state index in [9.17, 15) is 26.3 Å². The van der Waals surface area contributed by atoms with Crippen molar-refractivity contribution in [3.05, 3.63) is 348 Å². The van der Waals surface area contributed by atoms with E-state index in [0.717, 1.165) is 42.3 Å². The summed E-state index contributed by atoms with van der Waals surface area (Å²) in [5.41, 5.74) is 11.7. The molecule has 0 aliphatic heterocycles. The molecule has 0 amide bonds. The Morgan fingerprint density at radius 3 is 1.34 bits per heavy atom. The van der Waals surface area contributed by atoms with Crippen LogP contribution in [0, 0.1) is 46.2 Å². The van der Waals surface area contributed by atoms with Crippen molar-refractivity contribution < 1.29 is 26.3 Å². The number of hydrogen-bond acceptors (Lipinski definition) is 8. The van der Waals surface area contributed by atoms with Crippen LogP contribution < -0.4 is 0 Å². The molecular weight excluding hydrogens is 1490 g/mol. The summed E-state index contributed by atoms with van der Waals surface area (Å²) < 4.78 is 78.2. The number of fused-ring (bicyclic) bond motifs is 1. The molecule has 0 N–H and O–H groups in total. The normalized spacial score (nSPS) is 10.5. The predicted molar refractivity (Wildman–Crippen MR) is 476 cm³/mol. The van der Waals surface area contributed by atoms with E-state index in [2.05, 4.69) is 220 Å². The molecule has 612 valence electrons. The maximum absolute atomic E-state index is 13.1. The van der Waals surface area contributed by atoms with Gasteiger partial charge in [0.2, 0.25) is 0 Å². The summed E-state index contributed by atoms with van der Waals surface area (Å²) >= 11 is 9.54. The first kappa shape index (κ1) is 101. The molecule has 0 aliphatic carbocycles. The van der Waals surface area contributed by atoms with Gasteiger partial charge in [-0.3, -0.25) is 19.9 Å². The van der Waals surface area contributed by atoms with Crippen LogP contribution in [0.4, 0.5) is 26.3 Å². The van der Waals surface area contributed by atoms with E-state index in [1.165, 1.54) is 71.9 Å². The van der Waals surface area contributed by atoms with Gasteiger partial charge in [0.1, 0.15) is 28.4 Å². The summed E-state index contributed by atoms with van der Waals surface area (Å²) in [5.74, 6) is 1.81. The number of rotatable bonds is 13. The van der Waals surface area contributed by atoms with Crippen LogP contribution in [0.1, 0.15) is 308 Å². The van der Waals surface area contributed by atoms with E-state index >= 15 is 0 Å². The lowest BCUT2D eigenvalue weighted by Gasteiger charge is -2.09. The number of benzene rings is 5. The number of aryl methyl sites for hydroxylation is 2. The average Bonchev–Trinajstić information content (AvgIpc) is 1.78. The summed E-state index contributed by atoms with van der Waals surface area (Å²) in [6.07, 6.45) is 14.9. The van der Waals surface area contributed by atoms with E-state index < -0.39 is 11.6 Å². The molecule has 0 unspecified atom stereocenters. The number of halogens is 7. The molecule has 0 bridgehead atoms. The Morgan fingerprint density at radius 2 is 0.912 bits per heavy atom. The Kier molecular flexibility index (Phi) is 49.0. The Balaban J connectivity index is 0.000000426. The molecule has 5 aromatic carbocycles. The molecule has 15 heteroatoms. The first-order chi connectivity index (χ1) is 54.0. The van der Waals surface area contributed by atoms with Crippen LogP contribution in [0.2, 0.25) is 5.15 Å². The number of nitrogens with zero attached hydrogens (tertiary/aromatic N) is 6. The molecule has 12 aromatic rings. The van der Waals surface area contributed by atoms with Crippen molar-refractivity contribution in [1.29, 1.82) is 5.26 Å². The minimum Gasteiger partial charge on any atom is -0.264 e. The molecule has 6 nitrogen and oxygen atoms in total. The van der Waals surface area contributed by atoms with Crippen molar-refractivity contribution in [2.24, 2.45) is 0 Å². The fraction of sp³-hybridized carbons (Fsp3) is 0.374. The average molecular weight is 1610 g/mol. The van der Waals surface area contributed by atoms with Crippen LogP contribution in [0.3, 0.4) is 0 Å². The highest BCUT2D eigenvalue weighted by Crippen LogP contribution is 2.31. The second-order valence-electron chi connectivity index (χ2n) is 30.3. The highest BCUT2D eigenvalue weighted by molar-refractivity contribution is 7.19. The summed E-state index contributed by atoms with van der Waals surface area (Å²) in [4.78, 5) is 23.1. The summed E-state index contributed by atoms with van der Waals surface area (Å²) in [6, 6.07) is 57.2. The Labute approximate surface area is 694 Å². The minimum atomic E-state index is -0.767. The van der Waals surface area contributed by atoms with Gasteiger partial charge in [-0.15, -0.1) is 22.7 Å². The SMILES string of the molecule is CC(C)c1c(F)cccc1C#N.CC(C)c1cc(F)ccc1F.CC(C)c1cc2ccccc2s1.CC(C)c1cccc(F)c1F.CC(C)c1ccccn1.CC(C)c1cccnc1.CC(C)c1cccnc1Cl.CC(C)c1cccs1.CC(C)c1ncccc1F.CCc1ccccc1C(C)C.CCc1ccncc1C(C)C. The third-order valence-corrected chi connectivity index (χ3v) is 20.3. The molecule has 7 heterocycles. The standard InChI is InChI=1S/C11H12S.C11H16.C10H10FN.C10H15N.2C9H10F2.C8H10ClN.C8H10FN.2C8H11N.C7H10S/c1-8(2)11-7-9-5-3-4-6-10(9)12-11;1-4-10-7-5-6-8-11(10)9(2)3;1-7(2)10-8(6-12)4-3-5-9(10)11;1-4-9-5-6-11-7-10(9)8(2)3;1-6(2)8-5-7(10)3-4-9(8)11;1-6(2)7-4-3-5-8(10)9(7)11;1-6(2)7-4-3-5-10-8(7)9;1-6(2)8-7(9)4-3-5-10-8;1-7(2)8-4-3-5-9-6-8;1-7(2)8-5-3-4-6-9-8;1-6(2)7-4-3-5-8-7/h3-8H,1-2H3;5-9H,4H2,1-3H3;3-5,7H,1-2H3;5-8H,4H2,1-3H3;2*3-6H,1-2H3;2*3-6H,1-2H3;2*3-7H,1-2H3;3-6H,1-2H3. The summed E-state index contributed by atoms with van der Waals surface area (Å²) in [5, 5.41) is 12.8. The molecule has 0 fully saturated rings. The minimum absolute atomic E-state index is 0.0331. The van der Waals surface area contributed by atoms with Crippen molar-refractivity contribution in [3.63, 3.8) is 0 Å². The van der Waals surface area contributed by atoms with Gasteiger partial charge in [0, 0.05) is 69.1 Å². The van der Waals surface area contributed by atoms with Crippen LogP contribution in [0.25, 0.3) is 10.1 Å². The smallest absolute Gasteiger partial charge is 0.162 e. The first-order valence-electron chi connectivity index (χ1n) is 39.6. The largest absolute Gasteiger partial charge is 0.264 e. The van der Waals surface area contributed by atoms with Gasteiger partial charge in [-0.1, -0.05) is 263 Å². The van der Waals surface area contributed by atoms with Gasteiger partial charge >= 0.3 is 0 Å². The van der Waals surface area contributed by atoms with Crippen molar-refractivity contribution >= 4 is 44.4 Å². The van der Waals surface area contributed by atoms with E-state index in [0.29, 0.717) is 74.5 Å². The van der Waals surface area contributed by atoms with Crippen molar-refractivity contribution in [1.82, 2.24) is 24.9 Å². The maximum Gasteiger partial charge on any atom is 0.162 e. The van der Waals surface area contributed by atoms with Crippen LogP contribution in [-0.4, -0.2) is 24.9 Å². The van der Waals surface area contributed by atoms with Gasteiger partial charge < -0.3 is 0 Å². The first-order valence-corrected chi connectivity index (χ1v) is 41.7. The van der Waals surface area contributed by atoms with Crippen LogP contribution in [-0.2, 0) is 12.8 Å². The lowest BCUT2D eigenvalue weighted by Crippen LogP contribution is -1.96. The fourth-order valence-electron chi connectivity index (χ4n) is 10.8. The topological polar surface area (TPSA) is 88.2 Å². The number of aromatic nitrogens is 5. The van der Waals surface area contributed by atoms with E-state index in [-0.39, 0.29) is 46.9 Å². The molecule has 0 saturated heterocycles. The van der Waals surface area contributed by atoms with Crippen molar-refractivity contribution in [3.8, 4) is 6.07 Å². The third-order valence-electron chi connectivity index (χ3n) is 17.4. The van der Waals surface area contributed by atoms with Gasteiger partial charge in [-0.05, 0) is 230 Å². The Morgan fingerprint density at radius 1 is 0.377 bits per heavy atom. The van der Waals surface area contributed by atoms with Crippen LogP contribution in [0.15, 0.2) is 231 Å². The molecule has 7 aromatic heterocycles. The molecule has 0 saturated carbocycles. The summed E-state index contributed by atoms with van der Waals surface area (Å²) in [6.45, 7) is 49.9. The maximum atomic E-state index is 13.1. The zero-order chi connectivity index (χ0) is 85.6. The number of thiophene rings is 2. The molecule has 0 spiro atoms. The Hall–Kier alpha value is -9.13. The van der Waals surface area contributed by atoms with Crippen molar-refractivity contribution in [2.45, 2.75) is 244 Å². The quantitative estimate of drug-likeness (QED) is 0.0844. The summed E-state index contributed by atoms with van der Waals surface area (Å²) in [7, 11) is 0. The third kappa shape index (κ3) is 37.9. The van der Waals surface area contributed by atoms with Crippen LogP contribution >= 0.6 is 34.3 Å². The van der Waals surface area contributed by atoms with Gasteiger partial charge in [0.15, 0.2) is 11.6 Å². The molecule has 0 radical (unpaired) electrons. The van der Waals surface area contributed by atoms with E-state index in [4.69, 9.17) is 16.9 Å². The monoisotopic (exact) mass is 1610 g/mol. The highest BCUT2D eigenvalue weighted by Gasteiger charge is 2.14. The number of pyridine rings is 5. The zero-order valence-corrected chi connectivity index (χ0v) is 74.2. The van der Waals surface area contributed by atoms with E-state index in [1.807, 2.05) is 145 Å².